The molecule has 2 N–H and O–H groups in total. The van der Waals surface area contributed by atoms with E-state index in [1.54, 1.807) is 48.5 Å². The van der Waals surface area contributed by atoms with Crippen LogP contribution in [0.1, 0.15) is 24.0 Å². The summed E-state index contributed by atoms with van der Waals surface area (Å²) in [5.74, 6) is -2.13. The van der Waals surface area contributed by atoms with Gasteiger partial charge in [0.25, 0.3) is 0 Å². The van der Waals surface area contributed by atoms with E-state index in [-0.39, 0.29) is 19.4 Å². The second-order valence-corrected chi connectivity index (χ2v) is 7.19. The summed E-state index contributed by atoms with van der Waals surface area (Å²) in [5.41, 5.74) is 2.05. The Labute approximate surface area is 177 Å². The molecule has 2 unspecified atom stereocenters. The third-order valence-electron chi connectivity index (χ3n) is 4.90. The zero-order valence-corrected chi connectivity index (χ0v) is 16.4. The van der Waals surface area contributed by atoms with Crippen LogP contribution in [0.5, 0.6) is 5.75 Å². The molecule has 9 heteroatoms. The van der Waals surface area contributed by atoms with Crippen molar-refractivity contribution >= 4 is 17.5 Å². The SMILES string of the molecule is N#CCc1ccc(OCc2cccc(NC(=O)C3CCC(C(F)(F)F)NC3=O)c2)cc1. The van der Waals surface area contributed by atoms with Gasteiger partial charge in [-0.05, 0) is 48.2 Å². The molecule has 0 saturated carbocycles. The molecule has 1 heterocycles. The van der Waals surface area contributed by atoms with E-state index in [9.17, 15) is 22.8 Å². The van der Waals surface area contributed by atoms with Crippen molar-refractivity contribution in [2.45, 2.75) is 38.1 Å². The maximum absolute atomic E-state index is 12.7. The number of halogens is 3. The summed E-state index contributed by atoms with van der Waals surface area (Å²) in [6.45, 7) is 0.221. The number of hydrogen-bond donors (Lipinski definition) is 2. The van der Waals surface area contributed by atoms with Crippen LogP contribution < -0.4 is 15.4 Å². The molecule has 0 bridgehead atoms. The van der Waals surface area contributed by atoms with Crippen molar-refractivity contribution in [2.24, 2.45) is 5.92 Å². The van der Waals surface area contributed by atoms with Gasteiger partial charge in [-0.1, -0.05) is 24.3 Å². The smallest absolute Gasteiger partial charge is 0.408 e. The fourth-order valence-corrected chi connectivity index (χ4v) is 3.23. The number of amides is 2. The minimum absolute atomic E-state index is 0.174. The molecule has 2 amide bonds. The van der Waals surface area contributed by atoms with Crippen LogP contribution in [0.25, 0.3) is 0 Å². The van der Waals surface area contributed by atoms with Crippen molar-refractivity contribution in [3.8, 4) is 11.8 Å². The van der Waals surface area contributed by atoms with Crippen LogP contribution in [0.3, 0.4) is 0 Å². The minimum Gasteiger partial charge on any atom is -0.489 e. The number of benzene rings is 2. The molecule has 1 aliphatic rings. The number of rotatable bonds is 6. The molecule has 0 aliphatic carbocycles. The number of nitriles is 1. The Morgan fingerprint density at radius 3 is 2.55 bits per heavy atom. The molecule has 1 aliphatic heterocycles. The third-order valence-corrected chi connectivity index (χ3v) is 4.90. The maximum atomic E-state index is 12.7. The zero-order chi connectivity index (χ0) is 22.4. The summed E-state index contributed by atoms with van der Waals surface area (Å²) >= 11 is 0. The highest BCUT2D eigenvalue weighted by Crippen LogP contribution is 2.29. The molecule has 162 valence electrons. The number of hydrogen-bond acceptors (Lipinski definition) is 4. The molecular weight excluding hydrogens is 411 g/mol. The molecule has 1 fully saturated rings. The Kier molecular flexibility index (Phi) is 6.80. The fourth-order valence-electron chi connectivity index (χ4n) is 3.23. The first-order chi connectivity index (χ1) is 14.8. The van der Waals surface area contributed by atoms with Gasteiger partial charge in [0.1, 0.15) is 24.3 Å². The van der Waals surface area contributed by atoms with Crippen LogP contribution in [0.2, 0.25) is 0 Å². The van der Waals surface area contributed by atoms with Crippen molar-refractivity contribution in [2.75, 3.05) is 5.32 Å². The van der Waals surface area contributed by atoms with Gasteiger partial charge in [-0.2, -0.15) is 18.4 Å². The van der Waals surface area contributed by atoms with Crippen molar-refractivity contribution in [1.82, 2.24) is 5.32 Å². The average molecular weight is 431 g/mol. The summed E-state index contributed by atoms with van der Waals surface area (Å²) in [6, 6.07) is 14.0. The second kappa shape index (κ2) is 9.51. The van der Waals surface area contributed by atoms with Crippen LogP contribution in [0.15, 0.2) is 48.5 Å². The Balaban J connectivity index is 1.56. The molecule has 0 spiro atoms. The molecule has 2 aromatic rings. The lowest BCUT2D eigenvalue weighted by atomic mass is 9.92. The number of carbonyl (C=O) groups is 2. The number of piperidine rings is 1. The summed E-state index contributed by atoms with van der Waals surface area (Å²) in [4.78, 5) is 24.4. The summed E-state index contributed by atoms with van der Waals surface area (Å²) in [5, 5.41) is 13.2. The Morgan fingerprint density at radius 2 is 1.90 bits per heavy atom. The van der Waals surface area contributed by atoms with Gasteiger partial charge in [0.2, 0.25) is 11.8 Å². The quantitative estimate of drug-likeness (QED) is 0.682. The monoisotopic (exact) mass is 431 g/mol. The number of ether oxygens (including phenoxy) is 1. The highest BCUT2D eigenvalue weighted by Gasteiger charge is 2.45. The van der Waals surface area contributed by atoms with E-state index in [0.29, 0.717) is 17.9 Å². The molecule has 31 heavy (non-hydrogen) atoms. The fraction of sp³-hybridized carbons (Fsp3) is 0.318. The minimum atomic E-state index is -4.53. The van der Waals surface area contributed by atoms with Gasteiger partial charge in [-0.25, -0.2) is 0 Å². The molecule has 2 atom stereocenters. The van der Waals surface area contributed by atoms with Gasteiger partial charge in [-0.3, -0.25) is 9.59 Å². The van der Waals surface area contributed by atoms with Crippen molar-refractivity contribution in [1.29, 1.82) is 5.26 Å². The van der Waals surface area contributed by atoms with E-state index in [1.165, 1.54) is 0 Å². The first-order valence-corrected chi connectivity index (χ1v) is 9.62. The molecule has 2 aromatic carbocycles. The van der Waals surface area contributed by atoms with E-state index >= 15 is 0 Å². The second-order valence-electron chi connectivity index (χ2n) is 7.19. The van der Waals surface area contributed by atoms with Crippen LogP contribution in [-0.2, 0) is 22.6 Å². The lowest BCUT2D eigenvalue weighted by Crippen LogP contribution is -2.53. The molecule has 6 nitrogen and oxygen atoms in total. The summed E-state index contributed by atoms with van der Waals surface area (Å²) < 4.78 is 43.9. The van der Waals surface area contributed by atoms with Gasteiger partial charge in [0.05, 0.1) is 12.5 Å². The Bertz CT molecular complexity index is 984. The lowest BCUT2D eigenvalue weighted by molar-refractivity contribution is -0.170. The lowest BCUT2D eigenvalue weighted by Gasteiger charge is -2.29. The number of nitrogens with one attached hydrogen (secondary N) is 2. The van der Waals surface area contributed by atoms with Gasteiger partial charge >= 0.3 is 6.18 Å². The molecule has 0 radical (unpaired) electrons. The molecular formula is C22H20F3N3O3. The first kappa shape index (κ1) is 22.2. The summed E-state index contributed by atoms with van der Waals surface area (Å²) in [6.07, 6.45) is -4.72. The van der Waals surface area contributed by atoms with E-state index < -0.39 is 30.0 Å². The first-order valence-electron chi connectivity index (χ1n) is 9.62. The van der Waals surface area contributed by atoms with Gasteiger partial charge in [0, 0.05) is 5.69 Å². The number of carbonyl (C=O) groups excluding carboxylic acids is 2. The Morgan fingerprint density at radius 1 is 1.16 bits per heavy atom. The van der Waals surface area contributed by atoms with Crippen molar-refractivity contribution in [3.63, 3.8) is 0 Å². The average Bonchev–Trinajstić information content (AvgIpc) is 2.73. The topological polar surface area (TPSA) is 91.2 Å². The molecule has 3 rings (SSSR count). The van der Waals surface area contributed by atoms with E-state index in [1.807, 2.05) is 5.32 Å². The standard InChI is InChI=1S/C22H20F3N3O3/c23-22(24,25)19-9-8-18(21(30)28-19)20(29)27-16-3-1-2-15(12-16)13-31-17-6-4-14(5-7-17)10-11-26/h1-7,12,18-19H,8-10,13H2,(H,27,29)(H,28,30). The number of nitrogens with zero attached hydrogens (tertiary/aromatic N) is 1. The molecule has 0 aromatic heterocycles. The maximum Gasteiger partial charge on any atom is 0.408 e. The van der Waals surface area contributed by atoms with Gasteiger partial charge in [0.15, 0.2) is 0 Å². The predicted octanol–water partition coefficient (Wildman–Crippen LogP) is 3.73. The highest BCUT2D eigenvalue weighted by atomic mass is 19.4. The normalized spacial score (nSPS) is 18.6. The number of alkyl halides is 3. The van der Waals surface area contributed by atoms with Crippen molar-refractivity contribution < 1.29 is 27.5 Å². The van der Waals surface area contributed by atoms with Crippen LogP contribution in [0, 0.1) is 17.2 Å². The van der Waals surface area contributed by atoms with Gasteiger partial charge < -0.3 is 15.4 Å². The molecule has 1 saturated heterocycles. The number of anilines is 1. The van der Waals surface area contributed by atoms with Crippen LogP contribution >= 0.6 is 0 Å². The van der Waals surface area contributed by atoms with Crippen LogP contribution in [-0.4, -0.2) is 24.0 Å². The van der Waals surface area contributed by atoms with Gasteiger partial charge in [-0.15, -0.1) is 0 Å². The van der Waals surface area contributed by atoms with Crippen molar-refractivity contribution in [3.05, 3.63) is 59.7 Å². The largest absolute Gasteiger partial charge is 0.489 e. The predicted molar refractivity (Wildman–Crippen MR) is 106 cm³/mol. The highest BCUT2D eigenvalue weighted by molar-refractivity contribution is 6.06. The van der Waals surface area contributed by atoms with Crippen LogP contribution in [0.4, 0.5) is 18.9 Å². The Hall–Kier alpha value is -3.54. The summed E-state index contributed by atoms with van der Waals surface area (Å²) in [7, 11) is 0. The van der Waals surface area contributed by atoms with E-state index in [0.717, 1.165) is 11.1 Å². The van der Waals surface area contributed by atoms with E-state index in [4.69, 9.17) is 10.00 Å². The third kappa shape index (κ3) is 5.98. The zero-order valence-electron chi connectivity index (χ0n) is 16.4. The van der Waals surface area contributed by atoms with E-state index in [2.05, 4.69) is 11.4 Å².